The highest BCUT2D eigenvalue weighted by atomic mass is 19.1. The fourth-order valence-corrected chi connectivity index (χ4v) is 3.85. The first kappa shape index (κ1) is 18.1. The number of benzene rings is 1. The van der Waals surface area contributed by atoms with Crippen LogP contribution in [-0.4, -0.2) is 40.2 Å². The Hall–Kier alpha value is -2.31. The zero-order valence-corrected chi connectivity index (χ0v) is 15.8. The van der Waals surface area contributed by atoms with Gasteiger partial charge in [-0.15, -0.1) is 0 Å². The summed E-state index contributed by atoms with van der Waals surface area (Å²) < 4.78 is 21.4. The van der Waals surface area contributed by atoms with Gasteiger partial charge in [0.15, 0.2) is 0 Å². The van der Waals surface area contributed by atoms with Gasteiger partial charge >= 0.3 is 11.8 Å². The minimum atomic E-state index is -0.361. The standard InChI is InChI=1S/C20H26FN3O3/c1-12(2)11-27-20(26)23-7-5-15(6-8-23)24-17-10-14(13-3-4-13)9-16(21)18(17)22-19(24)25/h9-10,12-13,15H,3-8,11H2,1-2H3,(H,22,25). The molecular weight excluding hydrogens is 349 g/mol. The Balaban J connectivity index is 1.53. The summed E-state index contributed by atoms with van der Waals surface area (Å²) in [5, 5.41) is 0. The predicted molar refractivity (Wildman–Crippen MR) is 101 cm³/mol. The summed E-state index contributed by atoms with van der Waals surface area (Å²) in [6.45, 7) is 5.47. The Kier molecular flexibility index (Phi) is 4.70. The van der Waals surface area contributed by atoms with Crippen molar-refractivity contribution in [3.63, 3.8) is 0 Å². The molecule has 2 aromatic rings. The van der Waals surface area contributed by atoms with Gasteiger partial charge in [-0.05, 0) is 55.2 Å². The molecule has 1 aromatic carbocycles. The molecule has 27 heavy (non-hydrogen) atoms. The van der Waals surface area contributed by atoms with E-state index in [9.17, 15) is 14.0 Å². The first-order valence-electron chi connectivity index (χ1n) is 9.79. The molecule has 0 atom stereocenters. The van der Waals surface area contributed by atoms with Crippen LogP contribution >= 0.6 is 0 Å². The second kappa shape index (κ2) is 7.02. The number of nitrogens with zero attached hydrogens (tertiary/aromatic N) is 2. The van der Waals surface area contributed by atoms with E-state index in [0.29, 0.717) is 49.9 Å². The molecule has 6 nitrogen and oxygen atoms in total. The number of halogens is 1. The Morgan fingerprint density at radius 1 is 1.26 bits per heavy atom. The largest absolute Gasteiger partial charge is 0.449 e. The lowest BCUT2D eigenvalue weighted by Crippen LogP contribution is -2.41. The highest BCUT2D eigenvalue weighted by molar-refractivity contribution is 5.77. The highest BCUT2D eigenvalue weighted by Gasteiger charge is 2.29. The van der Waals surface area contributed by atoms with Crippen LogP contribution in [0.15, 0.2) is 16.9 Å². The molecule has 0 bridgehead atoms. The van der Waals surface area contributed by atoms with E-state index in [1.165, 1.54) is 0 Å². The molecule has 1 saturated heterocycles. The van der Waals surface area contributed by atoms with E-state index in [0.717, 1.165) is 18.4 Å². The minimum absolute atomic E-state index is 0.0470. The molecule has 2 heterocycles. The van der Waals surface area contributed by atoms with Gasteiger partial charge in [-0.2, -0.15) is 0 Å². The summed E-state index contributed by atoms with van der Waals surface area (Å²) in [6, 6.07) is 3.46. The van der Waals surface area contributed by atoms with E-state index in [1.807, 2.05) is 19.9 Å². The number of fused-ring (bicyclic) bond motifs is 1. The van der Waals surface area contributed by atoms with Crippen LogP contribution in [0.5, 0.6) is 0 Å². The van der Waals surface area contributed by atoms with Crippen molar-refractivity contribution >= 4 is 17.1 Å². The maximum absolute atomic E-state index is 14.5. The molecule has 2 fully saturated rings. The number of nitrogens with one attached hydrogen (secondary N) is 1. The summed E-state index contributed by atoms with van der Waals surface area (Å²) in [4.78, 5) is 29.0. The number of piperidine rings is 1. The molecule has 0 radical (unpaired) electrons. The van der Waals surface area contributed by atoms with E-state index < -0.39 is 0 Å². The maximum Gasteiger partial charge on any atom is 0.409 e. The normalized spacial score (nSPS) is 18.4. The zero-order chi connectivity index (χ0) is 19.1. The van der Waals surface area contributed by atoms with Crippen LogP contribution in [-0.2, 0) is 4.74 Å². The predicted octanol–water partition coefficient (Wildman–Crippen LogP) is 3.78. The number of hydrogen-bond acceptors (Lipinski definition) is 3. The van der Waals surface area contributed by atoms with Crippen LogP contribution in [0.25, 0.3) is 11.0 Å². The van der Waals surface area contributed by atoms with E-state index in [-0.39, 0.29) is 29.2 Å². The lowest BCUT2D eigenvalue weighted by Gasteiger charge is -2.32. The van der Waals surface area contributed by atoms with Crippen LogP contribution < -0.4 is 5.69 Å². The molecule has 146 valence electrons. The number of aromatic nitrogens is 2. The van der Waals surface area contributed by atoms with Crippen LogP contribution in [0.4, 0.5) is 9.18 Å². The van der Waals surface area contributed by atoms with Gasteiger partial charge < -0.3 is 14.6 Å². The quantitative estimate of drug-likeness (QED) is 0.884. The number of likely N-dealkylation sites (tertiary alicyclic amines) is 1. The van der Waals surface area contributed by atoms with Gasteiger partial charge in [0.25, 0.3) is 0 Å². The number of imidazole rings is 1. The van der Waals surface area contributed by atoms with Crippen LogP contribution in [0.1, 0.15) is 57.1 Å². The number of aromatic amines is 1. The molecule has 0 unspecified atom stereocenters. The number of amides is 1. The van der Waals surface area contributed by atoms with Crippen molar-refractivity contribution in [1.82, 2.24) is 14.5 Å². The molecule has 2 aliphatic rings. The van der Waals surface area contributed by atoms with Gasteiger partial charge in [-0.1, -0.05) is 13.8 Å². The fraction of sp³-hybridized carbons (Fsp3) is 0.600. The molecule has 7 heteroatoms. The Labute approximate surface area is 157 Å². The Bertz CT molecular complexity index is 905. The zero-order valence-electron chi connectivity index (χ0n) is 15.8. The smallest absolute Gasteiger partial charge is 0.409 e. The molecule has 1 aliphatic carbocycles. The average Bonchev–Trinajstić information content (AvgIpc) is 3.43. The third-order valence-electron chi connectivity index (χ3n) is 5.48. The van der Waals surface area contributed by atoms with Crippen molar-refractivity contribution in [2.45, 2.75) is 51.5 Å². The lowest BCUT2D eigenvalue weighted by molar-refractivity contribution is 0.0798. The third kappa shape index (κ3) is 3.59. The summed E-state index contributed by atoms with van der Waals surface area (Å²) >= 11 is 0. The van der Waals surface area contributed by atoms with Crippen molar-refractivity contribution in [2.24, 2.45) is 5.92 Å². The Morgan fingerprint density at radius 3 is 2.59 bits per heavy atom. The topological polar surface area (TPSA) is 67.3 Å². The van der Waals surface area contributed by atoms with Gasteiger partial charge in [0.1, 0.15) is 11.3 Å². The van der Waals surface area contributed by atoms with Crippen LogP contribution in [0, 0.1) is 11.7 Å². The summed E-state index contributed by atoms with van der Waals surface area (Å²) in [5.41, 5.74) is 1.62. The van der Waals surface area contributed by atoms with E-state index in [4.69, 9.17) is 4.74 Å². The molecule has 1 aromatic heterocycles. The number of carbonyl (C=O) groups excluding carboxylic acids is 1. The molecule has 1 aliphatic heterocycles. The average molecular weight is 375 g/mol. The monoisotopic (exact) mass is 375 g/mol. The number of rotatable bonds is 4. The molecule has 1 N–H and O–H groups in total. The number of ether oxygens (including phenoxy) is 1. The van der Waals surface area contributed by atoms with Crippen LogP contribution in [0.3, 0.4) is 0 Å². The van der Waals surface area contributed by atoms with Crippen LogP contribution in [0.2, 0.25) is 0 Å². The summed E-state index contributed by atoms with van der Waals surface area (Å²) in [7, 11) is 0. The van der Waals surface area contributed by atoms with Crippen molar-refractivity contribution in [2.75, 3.05) is 19.7 Å². The number of H-pyrrole nitrogens is 1. The van der Waals surface area contributed by atoms with Crippen molar-refractivity contribution in [3.05, 3.63) is 34.0 Å². The second-order valence-corrected chi connectivity index (χ2v) is 8.16. The van der Waals surface area contributed by atoms with Gasteiger partial charge in [0.2, 0.25) is 0 Å². The minimum Gasteiger partial charge on any atom is -0.449 e. The Morgan fingerprint density at radius 2 is 1.96 bits per heavy atom. The van der Waals surface area contributed by atoms with E-state index >= 15 is 0 Å². The molecule has 1 amide bonds. The first-order valence-corrected chi connectivity index (χ1v) is 9.79. The van der Waals surface area contributed by atoms with Crippen molar-refractivity contribution in [3.8, 4) is 0 Å². The molecule has 4 rings (SSSR count). The van der Waals surface area contributed by atoms with Crippen molar-refractivity contribution < 1.29 is 13.9 Å². The van der Waals surface area contributed by atoms with E-state index in [2.05, 4.69) is 4.98 Å². The number of carbonyl (C=O) groups is 1. The molecular formula is C20H26FN3O3. The third-order valence-corrected chi connectivity index (χ3v) is 5.48. The van der Waals surface area contributed by atoms with Gasteiger partial charge in [0, 0.05) is 19.1 Å². The van der Waals surface area contributed by atoms with E-state index in [1.54, 1.807) is 15.5 Å². The highest BCUT2D eigenvalue weighted by Crippen LogP contribution is 2.41. The number of hydrogen-bond donors (Lipinski definition) is 1. The lowest BCUT2D eigenvalue weighted by atomic mass is 10.0. The second-order valence-electron chi connectivity index (χ2n) is 8.16. The maximum atomic E-state index is 14.5. The SMILES string of the molecule is CC(C)COC(=O)N1CCC(n2c(=O)[nH]c3c(F)cc(C4CC4)cc32)CC1. The van der Waals surface area contributed by atoms with Gasteiger partial charge in [-0.3, -0.25) is 4.57 Å². The summed E-state index contributed by atoms with van der Waals surface area (Å²) in [6.07, 6.45) is 3.17. The summed E-state index contributed by atoms with van der Waals surface area (Å²) in [5.74, 6) is 0.353. The van der Waals surface area contributed by atoms with Gasteiger partial charge in [0.05, 0.1) is 12.1 Å². The van der Waals surface area contributed by atoms with Gasteiger partial charge in [-0.25, -0.2) is 14.0 Å². The fourth-order valence-electron chi connectivity index (χ4n) is 3.85. The van der Waals surface area contributed by atoms with Crippen molar-refractivity contribution in [1.29, 1.82) is 0 Å². The first-order chi connectivity index (χ1) is 12.9. The molecule has 1 saturated carbocycles. The molecule has 0 spiro atoms.